The predicted molar refractivity (Wildman–Crippen MR) is 82.1 cm³/mol. The molecule has 2 aromatic rings. The van der Waals surface area contributed by atoms with Gasteiger partial charge in [-0.25, -0.2) is 0 Å². The lowest BCUT2D eigenvalue weighted by Crippen LogP contribution is -2.42. The second kappa shape index (κ2) is 4.95. The molecule has 0 radical (unpaired) electrons. The van der Waals surface area contributed by atoms with Crippen molar-refractivity contribution < 1.29 is 9.84 Å². The van der Waals surface area contributed by atoms with Gasteiger partial charge in [-0.2, -0.15) is 0 Å². The van der Waals surface area contributed by atoms with E-state index in [9.17, 15) is 5.11 Å². The van der Waals surface area contributed by atoms with Gasteiger partial charge in [0.25, 0.3) is 0 Å². The molecule has 2 aliphatic rings. The smallest absolute Gasteiger partial charge is 0.103 e. The van der Waals surface area contributed by atoms with E-state index in [2.05, 4.69) is 53.8 Å². The van der Waals surface area contributed by atoms with Gasteiger partial charge in [0.05, 0.1) is 12.6 Å². The molecule has 1 aliphatic heterocycles. The number of aliphatic hydroxyl groups is 1. The summed E-state index contributed by atoms with van der Waals surface area (Å²) in [6, 6.07) is 17.1. The Labute approximate surface area is 124 Å². The van der Waals surface area contributed by atoms with Gasteiger partial charge in [-0.3, -0.25) is 0 Å². The van der Waals surface area contributed by atoms with Gasteiger partial charge in [-0.1, -0.05) is 48.5 Å². The van der Waals surface area contributed by atoms with Crippen LogP contribution in [0.25, 0.3) is 11.1 Å². The number of hydrogen-bond donors (Lipinski definition) is 2. The second-order valence-corrected chi connectivity index (χ2v) is 6.02. The average Bonchev–Trinajstić information content (AvgIpc) is 3.08. The zero-order chi connectivity index (χ0) is 14.3. The Kier molecular flexibility index (Phi) is 3.07. The summed E-state index contributed by atoms with van der Waals surface area (Å²) >= 11 is 0. The zero-order valence-corrected chi connectivity index (χ0v) is 11.9. The fourth-order valence-corrected chi connectivity index (χ4v) is 3.40. The maximum Gasteiger partial charge on any atom is 0.103 e. The lowest BCUT2D eigenvalue weighted by Gasteiger charge is -2.24. The normalized spacial score (nSPS) is 24.0. The minimum atomic E-state index is -0.730. The highest BCUT2D eigenvalue weighted by Gasteiger charge is 2.35. The van der Waals surface area contributed by atoms with Gasteiger partial charge in [0, 0.05) is 19.6 Å². The molecule has 1 aliphatic carbocycles. The van der Waals surface area contributed by atoms with E-state index in [0.29, 0.717) is 26.2 Å². The Hall–Kier alpha value is -1.68. The van der Waals surface area contributed by atoms with Gasteiger partial charge in [-0.15, -0.1) is 0 Å². The number of benzene rings is 2. The average molecular weight is 281 g/mol. The van der Waals surface area contributed by atoms with Crippen molar-refractivity contribution in [2.75, 3.05) is 19.8 Å². The third-order valence-corrected chi connectivity index (χ3v) is 4.55. The van der Waals surface area contributed by atoms with Crippen LogP contribution in [0, 0.1) is 0 Å². The molecule has 2 N–H and O–H groups in total. The molecule has 3 nitrogen and oxygen atoms in total. The molecule has 1 heterocycles. The van der Waals surface area contributed by atoms with E-state index >= 15 is 0 Å². The predicted octanol–water partition coefficient (Wildman–Crippen LogP) is 2.50. The SMILES string of the molecule is OC1(CNC2c3ccccc3-c3ccccc32)CCOC1. The summed E-state index contributed by atoms with van der Waals surface area (Å²) in [5, 5.41) is 14.0. The molecule has 0 bridgehead atoms. The molecule has 1 fully saturated rings. The molecular formula is C18H19NO2. The third-order valence-electron chi connectivity index (χ3n) is 4.55. The van der Waals surface area contributed by atoms with Crippen LogP contribution in [0.15, 0.2) is 48.5 Å². The van der Waals surface area contributed by atoms with Crippen molar-refractivity contribution in [3.8, 4) is 11.1 Å². The number of hydrogen-bond acceptors (Lipinski definition) is 3. The summed E-state index contributed by atoms with van der Waals surface area (Å²) in [5.74, 6) is 0. The van der Waals surface area contributed by atoms with Crippen LogP contribution in [0.1, 0.15) is 23.6 Å². The number of fused-ring (bicyclic) bond motifs is 3. The summed E-state index contributed by atoms with van der Waals surface area (Å²) < 4.78 is 5.32. The van der Waals surface area contributed by atoms with Crippen molar-refractivity contribution >= 4 is 0 Å². The van der Waals surface area contributed by atoms with Crippen LogP contribution >= 0.6 is 0 Å². The van der Waals surface area contributed by atoms with E-state index in [1.807, 2.05) is 0 Å². The minimum absolute atomic E-state index is 0.155. The monoisotopic (exact) mass is 281 g/mol. The fourth-order valence-electron chi connectivity index (χ4n) is 3.40. The van der Waals surface area contributed by atoms with Crippen LogP contribution in [-0.2, 0) is 4.74 Å². The summed E-state index contributed by atoms with van der Waals surface area (Å²) in [5.41, 5.74) is 4.44. The minimum Gasteiger partial charge on any atom is -0.386 e. The van der Waals surface area contributed by atoms with Gasteiger partial charge in [-0.05, 0) is 22.3 Å². The molecule has 2 aromatic carbocycles. The van der Waals surface area contributed by atoms with Gasteiger partial charge in [0.1, 0.15) is 5.60 Å². The molecule has 4 rings (SSSR count). The highest BCUT2D eigenvalue weighted by molar-refractivity contribution is 5.78. The Balaban J connectivity index is 1.65. The van der Waals surface area contributed by atoms with E-state index in [4.69, 9.17) is 4.74 Å². The first-order chi connectivity index (χ1) is 10.3. The third kappa shape index (κ3) is 2.18. The molecular weight excluding hydrogens is 262 g/mol. The van der Waals surface area contributed by atoms with E-state index in [0.717, 1.165) is 0 Å². The maximum absolute atomic E-state index is 10.5. The van der Waals surface area contributed by atoms with Crippen molar-refractivity contribution in [2.24, 2.45) is 0 Å². The molecule has 0 amide bonds. The van der Waals surface area contributed by atoms with Crippen molar-refractivity contribution in [1.82, 2.24) is 5.32 Å². The van der Waals surface area contributed by atoms with Crippen LogP contribution in [0.5, 0.6) is 0 Å². The van der Waals surface area contributed by atoms with Crippen LogP contribution in [0.2, 0.25) is 0 Å². The summed E-state index contributed by atoms with van der Waals surface area (Å²) in [6.07, 6.45) is 0.704. The molecule has 0 spiro atoms. The van der Waals surface area contributed by atoms with Crippen LogP contribution in [0.3, 0.4) is 0 Å². The van der Waals surface area contributed by atoms with Gasteiger partial charge in [0.15, 0.2) is 0 Å². The largest absolute Gasteiger partial charge is 0.386 e. The molecule has 1 saturated heterocycles. The first kappa shape index (κ1) is 13.0. The molecule has 21 heavy (non-hydrogen) atoms. The highest BCUT2D eigenvalue weighted by Crippen LogP contribution is 2.43. The standard InChI is InChI=1S/C18H19NO2/c20-18(9-10-21-12-18)11-19-17-15-7-3-1-5-13(15)14-6-2-4-8-16(14)17/h1-8,17,19-20H,9-12H2. The zero-order valence-electron chi connectivity index (χ0n) is 11.9. The molecule has 108 valence electrons. The summed E-state index contributed by atoms with van der Waals surface area (Å²) in [7, 11) is 0. The summed E-state index contributed by atoms with van der Waals surface area (Å²) in [6.45, 7) is 1.63. The lowest BCUT2D eigenvalue weighted by molar-refractivity contribution is 0.0257. The molecule has 3 heteroatoms. The Morgan fingerprint density at radius 1 is 1.05 bits per heavy atom. The van der Waals surface area contributed by atoms with Crippen LogP contribution in [0.4, 0.5) is 0 Å². The van der Waals surface area contributed by atoms with Crippen molar-refractivity contribution in [1.29, 1.82) is 0 Å². The summed E-state index contributed by atoms with van der Waals surface area (Å²) in [4.78, 5) is 0. The lowest BCUT2D eigenvalue weighted by atomic mass is 10.0. The number of rotatable bonds is 3. The Bertz CT molecular complexity index is 616. The van der Waals surface area contributed by atoms with E-state index < -0.39 is 5.60 Å². The van der Waals surface area contributed by atoms with Crippen LogP contribution < -0.4 is 5.32 Å². The Morgan fingerprint density at radius 3 is 2.24 bits per heavy atom. The highest BCUT2D eigenvalue weighted by atomic mass is 16.5. The van der Waals surface area contributed by atoms with Crippen molar-refractivity contribution in [2.45, 2.75) is 18.1 Å². The van der Waals surface area contributed by atoms with E-state index in [1.54, 1.807) is 0 Å². The van der Waals surface area contributed by atoms with Crippen LogP contribution in [-0.4, -0.2) is 30.5 Å². The number of ether oxygens (including phenoxy) is 1. The molecule has 0 aromatic heterocycles. The molecule has 0 saturated carbocycles. The maximum atomic E-state index is 10.5. The van der Waals surface area contributed by atoms with Gasteiger partial charge < -0.3 is 15.2 Å². The molecule has 1 atom stereocenters. The van der Waals surface area contributed by atoms with E-state index in [1.165, 1.54) is 22.3 Å². The van der Waals surface area contributed by atoms with Crippen molar-refractivity contribution in [3.63, 3.8) is 0 Å². The van der Waals surface area contributed by atoms with E-state index in [-0.39, 0.29) is 6.04 Å². The number of nitrogens with one attached hydrogen (secondary N) is 1. The topological polar surface area (TPSA) is 41.5 Å². The molecule has 1 unspecified atom stereocenters. The van der Waals surface area contributed by atoms with Gasteiger partial charge in [0.2, 0.25) is 0 Å². The first-order valence-corrected chi connectivity index (χ1v) is 7.49. The first-order valence-electron chi connectivity index (χ1n) is 7.49. The Morgan fingerprint density at radius 2 is 1.67 bits per heavy atom. The quantitative estimate of drug-likeness (QED) is 0.908. The second-order valence-electron chi connectivity index (χ2n) is 6.02. The van der Waals surface area contributed by atoms with Gasteiger partial charge >= 0.3 is 0 Å². The fraction of sp³-hybridized carbons (Fsp3) is 0.333. The van der Waals surface area contributed by atoms with Crippen molar-refractivity contribution in [3.05, 3.63) is 59.7 Å².